The number of nitrogen functional groups attached to an aromatic ring is 1. The van der Waals surface area contributed by atoms with Gasteiger partial charge in [-0.2, -0.15) is 0 Å². The third kappa shape index (κ3) is 2.63. The van der Waals surface area contributed by atoms with Crippen LogP contribution in [0.25, 0.3) is 0 Å². The number of methoxy groups -OCH3 is 1. The number of hydrogen-bond acceptors (Lipinski definition) is 5. The zero-order valence-corrected chi connectivity index (χ0v) is 12.4. The highest BCUT2D eigenvalue weighted by atomic mass is 16.5. The monoisotopic (exact) mass is 284 g/mol. The Balaban J connectivity index is 1.98. The van der Waals surface area contributed by atoms with Gasteiger partial charge in [-0.25, -0.2) is 4.98 Å². The van der Waals surface area contributed by atoms with E-state index in [0.717, 1.165) is 31.0 Å². The van der Waals surface area contributed by atoms with Gasteiger partial charge in [-0.05, 0) is 31.4 Å². The highest BCUT2D eigenvalue weighted by Crippen LogP contribution is 2.39. The van der Waals surface area contributed by atoms with Gasteiger partial charge in [0.1, 0.15) is 17.4 Å². The van der Waals surface area contributed by atoms with Crippen LogP contribution in [0.5, 0.6) is 5.75 Å². The Bertz CT molecular complexity index is 644. The van der Waals surface area contributed by atoms with E-state index in [1.807, 2.05) is 0 Å². The van der Waals surface area contributed by atoms with Crippen LogP contribution in [0.4, 0.5) is 11.6 Å². The van der Waals surface area contributed by atoms with Gasteiger partial charge in [-0.3, -0.25) is 4.98 Å². The van der Waals surface area contributed by atoms with Crippen molar-refractivity contribution < 1.29 is 4.74 Å². The van der Waals surface area contributed by atoms with Gasteiger partial charge in [0.15, 0.2) is 0 Å². The van der Waals surface area contributed by atoms with Gasteiger partial charge in [0.25, 0.3) is 0 Å². The Hall–Kier alpha value is -2.30. The van der Waals surface area contributed by atoms with Crippen LogP contribution in [0, 0.1) is 6.92 Å². The molecule has 0 spiro atoms. The number of anilines is 2. The minimum Gasteiger partial charge on any atom is -0.496 e. The van der Waals surface area contributed by atoms with Crippen molar-refractivity contribution in [3.8, 4) is 5.75 Å². The molecule has 1 aromatic heterocycles. The molecule has 2 N–H and O–H groups in total. The molecule has 1 aliphatic heterocycles. The molecule has 5 heteroatoms. The number of aryl methyl sites for hydroxylation is 1. The van der Waals surface area contributed by atoms with Crippen molar-refractivity contribution in [3.63, 3.8) is 0 Å². The van der Waals surface area contributed by atoms with Crippen LogP contribution < -0.4 is 15.4 Å². The third-order valence-corrected chi connectivity index (χ3v) is 3.94. The molecule has 0 bridgehead atoms. The molecule has 0 aliphatic carbocycles. The van der Waals surface area contributed by atoms with Crippen molar-refractivity contribution in [1.82, 2.24) is 9.97 Å². The van der Waals surface area contributed by atoms with Gasteiger partial charge < -0.3 is 15.4 Å². The first-order chi connectivity index (χ1) is 10.2. The lowest BCUT2D eigenvalue weighted by Gasteiger charge is -2.27. The van der Waals surface area contributed by atoms with Crippen molar-refractivity contribution in [1.29, 1.82) is 0 Å². The van der Waals surface area contributed by atoms with Crippen molar-refractivity contribution in [3.05, 3.63) is 41.7 Å². The largest absolute Gasteiger partial charge is 0.496 e. The molecule has 1 unspecified atom stereocenters. The van der Waals surface area contributed by atoms with E-state index in [1.165, 1.54) is 11.1 Å². The van der Waals surface area contributed by atoms with E-state index in [-0.39, 0.29) is 6.04 Å². The van der Waals surface area contributed by atoms with E-state index in [1.54, 1.807) is 19.5 Å². The molecule has 5 nitrogen and oxygen atoms in total. The molecule has 1 aromatic carbocycles. The number of aromatic nitrogens is 2. The summed E-state index contributed by atoms with van der Waals surface area (Å²) in [6, 6.07) is 6.62. The molecule has 0 radical (unpaired) electrons. The lowest BCUT2D eigenvalue weighted by molar-refractivity contribution is 0.405. The second-order valence-corrected chi connectivity index (χ2v) is 5.40. The SMILES string of the molecule is COc1cc(C)ccc1C1CCCN1c1cncc(N)n1. The summed E-state index contributed by atoms with van der Waals surface area (Å²) in [5, 5.41) is 0. The van der Waals surface area contributed by atoms with Crippen molar-refractivity contribution in [2.45, 2.75) is 25.8 Å². The fraction of sp³-hybridized carbons (Fsp3) is 0.375. The summed E-state index contributed by atoms with van der Waals surface area (Å²) in [4.78, 5) is 10.8. The summed E-state index contributed by atoms with van der Waals surface area (Å²) in [7, 11) is 1.72. The van der Waals surface area contributed by atoms with Gasteiger partial charge >= 0.3 is 0 Å². The van der Waals surface area contributed by atoms with E-state index < -0.39 is 0 Å². The molecular formula is C16H20N4O. The number of benzene rings is 1. The zero-order chi connectivity index (χ0) is 14.8. The van der Waals surface area contributed by atoms with Gasteiger partial charge in [0.2, 0.25) is 0 Å². The smallest absolute Gasteiger partial charge is 0.150 e. The van der Waals surface area contributed by atoms with Crippen LogP contribution in [0.15, 0.2) is 30.6 Å². The molecule has 110 valence electrons. The molecule has 1 fully saturated rings. The average molecular weight is 284 g/mol. The fourth-order valence-electron chi connectivity index (χ4n) is 2.97. The van der Waals surface area contributed by atoms with Crippen LogP contribution in [0.2, 0.25) is 0 Å². The van der Waals surface area contributed by atoms with Crippen molar-refractivity contribution >= 4 is 11.6 Å². The first-order valence-corrected chi connectivity index (χ1v) is 7.17. The fourth-order valence-corrected chi connectivity index (χ4v) is 2.97. The Kier molecular flexibility index (Phi) is 3.64. The molecule has 0 saturated carbocycles. The van der Waals surface area contributed by atoms with Gasteiger partial charge in [-0.1, -0.05) is 12.1 Å². The van der Waals surface area contributed by atoms with Crippen LogP contribution in [-0.2, 0) is 0 Å². The molecule has 1 aliphatic rings. The number of nitrogens with zero attached hydrogens (tertiary/aromatic N) is 3. The van der Waals surface area contributed by atoms with Crippen LogP contribution in [0.1, 0.15) is 30.0 Å². The predicted molar refractivity (Wildman–Crippen MR) is 83.5 cm³/mol. The average Bonchev–Trinajstić information content (AvgIpc) is 2.96. The predicted octanol–water partition coefficient (Wildman–Crippen LogP) is 2.72. The minimum absolute atomic E-state index is 0.261. The molecule has 0 amide bonds. The second kappa shape index (κ2) is 5.60. The minimum atomic E-state index is 0.261. The summed E-state index contributed by atoms with van der Waals surface area (Å²) < 4.78 is 5.56. The number of nitrogens with two attached hydrogens (primary N) is 1. The molecule has 1 saturated heterocycles. The second-order valence-electron chi connectivity index (χ2n) is 5.40. The normalized spacial score (nSPS) is 18.0. The Morgan fingerprint density at radius 3 is 2.95 bits per heavy atom. The maximum absolute atomic E-state index is 5.76. The van der Waals surface area contributed by atoms with Gasteiger partial charge in [0.05, 0.1) is 25.5 Å². The van der Waals surface area contributed by atoms with Gasteiger partial charge in [0, 0.05) is 12.1 Å². The number of ether oxygens (including phenoxy) is 1. The maximum Gasteiger partial charge on any atom is 0.150 e. The van der Waals surface area contributed by atoms with Crippen LogP contribution in [0.3, 0.4) is 0 Å². The summed E-state index contributed by atoms with van der Waals surface area (Å²) in [6.07, 6.45) is 5.55. The Labute approximate surface area is 124 Å². The van der Waals surface area contributed by atoms with Crippen LogP contribution in [-0.4, -0.2) is 23.6 Å². The first kappa shape index (κ1) is 13.7. The third-order valence-electron chi connectivity index (χ3n) is 3.94. The Morgan fingerprint density at radius 1 is 1.33 bits per heavy atom. The molecular weight excluding hydrogens is 264 g/mol. The molecule has 3 rings (SSSR count). The van der Waals surface area contributed by atoms with E-state index in [9.17, 15) is 0 Å². The molecule has 2 heterocycles. The summed E-state index contributed by atoms with van der Waals surface area (Å²) in [5.74, 6) is 2.22. The maximum atomic E-state index is 5.76. The van der Waals surface area contributed by atoms with E-state index in [0.29, 0.717) is 5.82 Å². The zero-order valence-electron chi connectivity index (χ0n) is 12.4. The lowest BCUT2D eigenvalue weighted by atomic mass is 10.0. The van der Waals surface area contributed by atoms with Crippen molar-refractivity contribution in [2.24, 2.45) is 0 Å². The van der Waals surface area contributed by atoms with Crippen LogP contribution >= 0.6 is 0 Å². The summed E-state index contributed by atoms with van der Waals surface area (Å²) >= 11 is 0. The Morgan fingerprint density at radius 2 is 2.19 bits per heavy atom. The van der Waals surface area contributed by atoms with E-state index in [4.69, 9.17) is 10.5 Å². The molecule has 21 heavy (non-hydrogen) atoms. The van der Waals surface area contributed by atoms with Gasteiger partial charge in [-0.15, -0.1) is 0 Å². The van der Waals surface area contributed by atoms with E-state index >= 15 is 0 Å². The summed E-state index contributed by atoms with van der Waals surface area (Å²) in [5.41, 5.74) is 8.16. The number of hydrogen-bond donors (Lipinski definition) is 1. The number of rotatable bonds is 3. The van der Waals surface area contributed by atoms with Crippen molar-refractivity contribution in [2.75, 3.05) is 24.3 Å². The highest BCUT2D eigenvalue weighted by molar-refractivity contribution is 5.49. The highest BCUT2D eigenvalue weighted by Gasteiger charge is 2.29. The lowest BCUT2D eigenvalue weighted by Crippen LogP contribution is -2.24. The molecule has 1 atom stereocenters. The first-order valence-electron chi connectivity index (χ1n) is 7.17. The topological polar surface area (TPSA) is 64.3 Å². The summed E-state index contributed by atoms with van der Waals surface area (Å²) in [6.45, 7) is 3.03. The standard InChI is InChI=1S/C16H20N4O/c1-11-5-6-12(14(8-11)21-2)13-4-3-7-20(13)16-10-18-9-15(17)19-16/h5-6,8-10,13H,3-4,7H2,1-2H3,(H2,17,19). The quantitative estimate of drug-likeness (QED) is 0.939. The molecule has 2 aromatic rings. The van der Waals surface area contributed by atoms with E-state index in [2.05, 4.69) is 40.0 Å².